The van der Waals surface area contributed by atoms with Crippen LogP contribution in [0.2, 0.25) is 0 Å². The summed E-state index contributed by atoms with van der Waals surface area (Å²) in [5.74, 6) is -3.10. The van der Waals surface area contributed by atoms with Crippen LogP contribution < -0.4 is 4.74 Å². The predicted octanol–water partition coefficient (Wildman–Crippen LogP) is 7.90. The van der Waals surface area contributed by atoms with E-state index >= 15 is 0 Å². The van der Waals surface area contributed by atoms with Gasteiger partial charge in [0.05, 0.1) is 13.0 Å². The lowest BCUT2D eigenvalue weighted by Crippen LogP contribution is -2.17. The Morgan fingerprint density at radius 1 is 0.853 bits per heavy atom. The maximum absolute atomic E-state index is 14.5. The van der Waals surface area contributed by atoms with Crippen molar-refractivity contribution in [1.29, 1.82) is 0 Å². The molecule has 0 fully saturated rings. The molecule has 176 valence electrons. The third-order valence-electron chi connectivity index (χ3n) is 6.65. The van der Waals surface area contributed by atoms with E-state index in [9.17, 15) is 13.6 Å². The second kappa shape index (κ2) is 10.8. The summed E-state index contributed by atoms with van der Waals surface area (Å²) in [6.07, 6.45) is 7.46. The first-order valence-corrected chi connectivity index (χ1v) is 12.0. The fourth-order valence-electron chi connectivity index (χ4n) is 4.62. The van der Waals surface area contributed by atoms with Crippen LogP contribution in [0.5, 0.6) is 5.75 Å². The highest BCUT2D eigenvalue weighted by Gasteiger charge is 2.29. The maximum Gasteiger partial charge on any atom is 0.200 e. The number of allylic oxidation sites excluding steroid dienone is 2. The largest absolute Gasteiger partial charge is 0.494 e. The molecule has 1 aliphatic rings. The average Bonchev–Trinajstić information content (AvgIpc) is 2.87. The van der Waals surface area contributed by atoms with Gasteiger partial charge in [0, 0.05) is 5.56 Å². The standard InChI is InChI=1S/C30H30F2O2/c1-3-4-5-6-20-7-9-21(10-8-20)22-11-13-23(14-12-22)24-15-16-25(27(33)19-24)26-17-18-28(34-2)30(32)29(26)31/h7-14,17-19,25H,3-6,15-16H2,1-2H3. The molecule has 4 rings (SSSR count). The van der Waals surface area contributed by atoms with Crippen LogP contribution >= 0.6 is 0 Å². The minimum atomic E-state index is -1.05. The van der Waals surface area contributed by atoms with E-state index in [0.29, 0.717) is 12.8 Å². The quantitative estimate of drug-likeness (QED) is 0.319. The van der Waals surface area contributed by atoms with Gasteiger partial charge in [-0.2, -0.15) is 4.39 Å². The number of unbranched alkanes of at least 4 members (excludes halogenated alkanes) is 2. The van der Waals surface area contributed by atoms with Gasteiger partial charge in [0.2, 0.25) is 5.82 Å². The first-order chi connectivity index (χ1) is 16.5. The molecule has 0 spiro atoms. The number of aryl methyl sites for hydroxylation is 1. The SMILES string of the molecule is CCCCCc1ccc(-c2ccc(C3=CC(=O)C(c4ccc(OC)c(F)c4F)CC3)cc2)cc1. The van der Waals surface area contributed by atoms with Crippen molar-refractivity contribution >= 4 is 11.4 Å². The summed E-state index contributed by atoms with van der Waals surface area (Å²) in [6.45, 7) is 2.21. The van der Waals surface area contributed by atoms with Crippen molar-refractivity contribution in [1.82, 2.24) is 0 Å². The van der Waals surface area contributed by atoms with Gasteiger partial charge in [-0.05, 0) is 65.7 Å². The van der Waals surface area contributed by atoms with Crippen molar-refractivity contribution in [3.63, 3.8) is 0 Å². The van der Waals surface area contributed by atoms with Crippen LogP contribution in [0, 0.1) is 11.6 Å². The molecule has 1 unspecified atom stereocenters. The minimum Gasteiger partial charge on any atom is -0.494 e. The molecule has 0 N–H and O–H groups in total. The number of carbonyl (C=O) groups excluding carboxylic acids is 1. The van der Waals surface area contributed by atoms with Crippen molar-refractivity contribution in [2.75, 3.05) is 7.11 Å². The number of ether oxygens (including phenoxy) is 1. The lowest BCUT2D eigenvalue weighted by Gasteiger charge is -2.22. The molecular formula is C30H30F2O2. The zero-order chi connectivity index (χ0) is 24.1. The predicted molar refractivity (Wildman–Crippen MR) is 133 cm³/mol. The molecule has 0 saturated heterocycles. The zero-order valence-electron chi connectivity index (χ0n) is 19.7. The summed E-state index contributed by atoms with van der Waals surface area (Å²) in [5, 5.41) is 0. The Labute approximate surface area is 200 Å². The molecular weight excluding hydrogens is 430 g/mol. The Kier molecular flexibility index (Phi) is 7.56. The Bertz CT molecular complexity index is 1180. The number of halogens is 2. The van der Waals surface area contributed by atoms with Gasteiger partial charge in [-0.1, -0.05) is 74.4 Å². The van der Waals surface area contributed by atoms with Gasteiger partial charge < -0.3 is 4.74 Å². The number of hydrogen-bond acceptors (Lipinski definition) is 2. The summed E-state index contributed by atoms with van der Waals surface area (Å²) < 4.78 is 33.5. The molecule has 0 aliphatic heterocycles. The topological polar surface area (TPSA) is 26.3 Å². The van der Waals surface area contributed by atoms with E-state index in [-0.39, 0.29) is 17.1 Å². The van der Waals surface area contributed by atoms with E-state index in [2.05, 4.69) is 43.3 Å². The van der Waals surface area contributed by atoms with Crippen LogP contribution in [0.25, 0.3) is 16.7 Å². The molecule has 0 heterocycles. The second-order valence-electron chi connectivity index (χ2n) is 8.88. The summed E-state index contributed by atoms with van der Waals surface area (Å²) >= 11 is 0. The third kappa shape index (κ3) is 5.11. The monoisotopic (exact) mass is 460 g/mol. The molecule has 2 nitrogen and oxygen atoms in total. The molecule has 1 aliphatic carbocycles. The molecule has 1 atom stereocenters. The molecule has 0 aromatic heterocycles. The summed E-state index contributed by atoms with van der Waals surface area (Å²) in [4.78, 5) is 12.8. The maximum atomic E-state index is 14.5. The third-order valence-corrected chi connectivity index (χ3v) is 6.65. The van der Waals surface area contributed by atoms with Crippen LogP contribution in [0.1, 0.15) is 61.6 Å². The van der Waals surface area contributed by atoms with Crippen LogP contribution in [0.3, 0.4) is 0 Å². The minimum absolute atomic E-state index is 0.0899. The van der Waals surface area contributed by atoms with Crippen molar-refractivity contribution in [2.45, 2.75) is 51.4 Å². The van der Waals surface area contributed by atoms with Gasteiger partial charge >= 0.3 is 0 Å². The van der Waals surface area contributed by atoms with E-state index < -0.39 is 17.6 Å². The van der Waals surface area contributed by atoms with E-state index in [0.717, 1.165) is 28.7 Å². The fraction of sp³-hybridized carbons (Fsp3) is 0.300. The van der Waals surface area contributed by atoms with Gasteiger partial charge in [0.15, 0.2) is 17.3 Å². The number of hydrogen-bond donors (Lipinski definition) is 0. The van der Waals surface area contributed by atoms with Crippen molar-refractivity contribution in [3.05, 3.63) is 95.1 Å². The van der Waals surface area contributed by atoms with E-state index in [1.807, 2.05) is 12.1 Å². The van der Waals surface area contributed by atoms with Crippen LogP contribution in [0.4, 0.5) is 8.78 Å². The molecule has 0 saturated carbocycles. The van der Waals surface area contributed by atoms with Crippen molar-refractivity contribution < 1.29 is 18.3 Å². The Balaban J connectivity index is 1.47. The number of ketones is 1. The molecule has 3 aromatic carbocycles. The number of carbonyl (C=O) groups is 1. The lowest BCUT2D eigenvalue weighted by atomic mass is 9.81. The zero-order valence-corrected chi connectivity index (χ0v) is 19.7. The number of benzene rings is 3. The molecule has 3 aromatic rings. The van der Waals surface area contributed by atoms with Crippen LogP contribution in [-0.2, 0) is 11.2 Å². The Morgan fingerprint density at radius 2 is 1.50 bits per heavy atom. The van der Waals surface area contributed by atoms with E-state index in [1.54, 1.807) is 6.08 Å². The molecule has 0 amide bonds. The van der Waals surface area contributed by atoms with Gasteiger partial charge in [0.1, 0.15) is 0 Å². The van der Waals surface area contributed by atoms with E-state index in [1.165, 1.54) is 44.1 Å². The lowest BCUT2D eigenvalue weighted by molar-refractivity contribution is -0.116. The highest BCUT2D eigenvalue weighted by atomic mass is 19.2. The Hall–Kier alpha value is -3.27. The first-order valence-electron chi connectivity index (χ1n) is 12.0. The Morgan fingerprint density at radius 3 is 2.12 bits per heavy atom. The smallest absolute Gasteiger partial charge is 0.200 e. The summed E-state index contributed by atoms with van der Waals surface area (Å²) in [7, 11) is 1.28. The van der Waals surface area contributed by atoms with Crippen molar-refractivity contribution in [3.8, 4) is 16.9 Å². The molecule has 4 heteroatoms. The summed E-state index contributed by atoms with van der Waals surface area (Å²) in [6, 6.07) is 19.7. The van der Waals surface area contributed by atoms with E-state index in [4.69, 9.17) is 4.74 Å². The van der Waals surface area contributed by atoms with Crippen molar-refractivity contribution in [2.24, 2.45) is 0 Å². The van der Waals surface area contributed by atoms with Crippen LogP contribution in [0.15, 0.2) is 66.7 Å². The second-order valence-corrected chi connectivity index (χ2v) is 8.88. The van der Waals surface area contributed by atoms with Crippen LogP contribution in [-0.4, -0.2) is 12.9 Å². The van der Waals surface area contributed by atoms with Gasteiger partial charge in [-0.15, -0.1) is 0 Å². The molecule has 0 radical (unpaired) electrons. The first kappa shape index (κ1) is 23.9. The van der Waals surface area contributed by atoms with Gasteiger partial charge in [-0.3, -0.25) is 4.79 Å². The number of methoxy groups -OCH3 is 1. The highest BCUT2D eigenvalue weighted by Crippen LogP contribution is 2.37. The van der Waals surface area contributed by atoms with Gasteiger partial charge in [-0.25, -0.2) is 4.39 Å². The molecule has 0 bridgehead atoms. The average molecular weight is 461 g/mol. The van der Waals surface area contributed by atoms with Gasteiger partial charge in [0.25, 0.3) is 0 Å². The normalized spacial score (nSPS) is 15.8. The number of rotatable bonds is 8. The fourth-order valence-corrected chi connectivity index (χ4v) is 4.62. The molecule has 34 heavy (non-hydrogen) atoms. The summed E-state index contributed by atoms with van der Waals surface area (Å²) in [5.41, 5.74) is 5.65. The highest BCUT2D eigenvalue weighted by molar-refractivity contribution is 6.02.